The van der Waals surface area contributed by atoms with Crippen LogP contribution in [0.15, 0.2) is 24.3 Å². The smallest absolute Gasteiger partial charge is 0.223 e. The highest BCUT2D eigenvalue weighted by atomic mass is 16.3. The van der Waals surface area contributed by atoms with Crippen LogP contribution in [0, 0.1) is 0 Å². The molecule has 2 aliphatic heterocycles. The van der Waals surface area contributed by atoms with Gasteiger partial charge in [0.2, 0.25) is 5.91 Å². The fraction of sp³-hybridized carbons (Fsp3) is 0.550. The first-order valence-corrected chi connectivity index (χ1v) is 9.71. The Kier molecular flexibility index (Phi) is 5.22. The molecular weight excluding hydrogens is 342 g/mol. The molecule has 1 aromatic carbocycles. The van der Waals surface area contributed by atoms with E-state index in [0.717, 1.165) is 44.8 Å². The van der Waals surface area contributed by atoms with Gasteiger partial charge in [0.15, 0.2) is 5.82 Å². The molecule has 0 radical (unpaired) electrons. The van der Waals surface area contributed by atoms with E-state index in [9.17, 15) is 9.90 Å². The maximum Gasteiger partial charge on any atom is 0.223 e. The third-order valence-electron chi connectivity index (χ3n) is 5.83. The number of carbonyl (C=O) groups is 1. The molecule has 1 aromatic heterocycles. The molecular formula is C20H27N5O2. The van der Waals surface area contributed by atoms with E-state index in [1.54, 1.807) is 0 Å². The van der Waals surface area contributed by atoms with Gasteiger partial charge in [0, 0.05) is 52.1 Å². The molecule has 7 heteroatoms. The fourth-order valence-electron chi connectivity index (χ4n) is 4.26. The molecule has 7 nitrogen and oxygen atoms in total. The number of hydrogen-bond acceptors (Lipinski definition) is 5. The summed E-state index contributed by atoms with van der Waals surface area (Å²) in [4.78, 5) is 17.1. The summed E-state index contributed by atoms with van der Waals surface area (Å²) in [5.41, 5.74) is 2.76. The van der Waals surface area contributed by atoms with Crippen molar-refractivity contribution in [2.75, 3.05) is 19.6 Å². The second-order valence-corrected chi connectivity index (χ2v) is 7.60. The van der Waals surface area contributed by atoms with Crippen LogP contribution in [0.4, 0.5) is 0 Å². The average molecular weight is 369 g/mol. The number of carbonyl (C=O) groups excluding carboxylic acids is 1. The van der Waals surface area contributed by atoms with Gasteiger partial charge in [0.1, 0.15) is 12.4 Å². The number of hydrogen-bond donors (Lipinski definition) is 1. The summed E-state index contributed by atoms with van der Waals surface area (Å²) in [6.45, 7) is 4.07. The topological polar surface area (TPSA) is 74.5 Å². The van der Waals surface area contributed by atoms with Crippen molar-refractivity contribution in [3.63, 3.8) is 0 Å². The van der Waals surface area contributed by atoms with Crippen LogP contribution in [-0.2, 0) is 31.5 Å². The van der Waals surface area contributed by atoms with Gasteiger partial charge >= 0.3 is 0 Å². The summed E-state index contributed by atoms with van der Waals surface area (Å²) in [5.74, 6) is 1.85. The zero-order valence-corrected chi connectivity index (χ0v) is 15.8. The van der Waals surface area contributed by atoms with Gasteiger partial charge in [0.25, 0.3) is 0 Å². The molecule has 4 rings (SSSR count). The zero-order chi connectivity index (χ0) is 18.8. The van der Waals surface area contributed by atoms with Gasteiger partial charge < -0.3 is 14.6 Å². The second-order valence-electron chi connectivity index (χ2n) is 7.60. The van der Waals surface area contributed by atoms with E-state index in [-0.39, 0.29) is 18.4 Å². The molecule has 1 atom stereocenters. The highest BCUT2D eigenvalue weighted by Gasteiger charge is 2.28. The van der Waals surface area contributed by atoms with E-state index in [4.69, 9.17) is 0 Å². The number of aliphatic hydroxyl groups excluding tert-OH is 1. The van der Waals surface area contributed by atoms with Crippen molar-refractivity contribution in [2.24, 2.45) is 7.05 Å². The summed E-state index contributed by atoms with van der Waals surface area (Å²) in [6.07, 6.45) is 2.54. The Bertz CT molecular complexity index is 793. The number of nitrogens with zero attached hydrogens (tertiary/aromatic N) is 5. The van der Waals surface area contributed by atoms with Crippen molar-refractivity contribution in [3.8, 4) is 0 Å². The Balaban J connectivity index is 1.32. The summed E-state index contributed by atoms with van der Waals surface area (Å²) < 4.78 is 1.86. The molecule has 0 aliphatic carbocycles. The van der Waals surface area contributed by atoms with Gasteiger partial charge in [-0.2, -0.15) is 0 Å². The Morgan fingerprint density at radius 3 is 2.63 bits per heavy atom. The molecule has 2 aromatic rings. The maximum atomic E-state index is 12.8. The van der Waals surface area contributed by atoms with Gasteiger partial charge in [-0.3, -0.25) is 9.69 Å². The van der Waals surface area contributed by atoms with Crippen LogP contribution in [0.3, 0.4) is 0 Å². The van der Waals surface area contributed by atoms with Crippen LogP contribution < -0.4 is 0 Å². The molecule has 1 fully saturated rings. The highest BCUT2D eigenvalue weighted by Crippen LogP contribution is 2.27. The number of aliphatic hydroxyl groups is 1. The van der Waals surface area contributed by atoms with E-state index in [1.807, 2.05) is 16.5 Å². The number of piperidine rings is 1. The number of likely N-dealkylation sites (tertiary alicyclic amines) is 1. The minimum atomic E-state index is -0.114. The third-order valence-corrected chi connectivity index (χ3v) is 5.83. The molecule has 0 spiro atoms. The molecule has 0 unspecified atom stereocenters. The Labute approximate surface area is 159 Å². The summed E-state index contributed by atoms with van der Waals surface area (Å²) in [6, 6.07) is 8.51. The van der Waals surface area contributed by atoms with Crippen molar-refractivity contribution in [2.45, 2.75) is 44.9 Å². The summed E-state index contributed by atoms with van der Waals surface area (Å²) >= 11 is 0. The van der Waals surface area contributed by atoms with E-state index >= 15 is 0 Å². The monoisotopic (exact) mass is 369 g/mol. The van der Waals surface area contributed by atoms with E-state index in [1.165, 1.54) is 11.1 Å². The van der Waals surface area contributed by atoms with E-state index in [0.29, 0.717) is 18.8 Å². The first-order valence-electron chi connectivity index (χ1n) is 9.71. The first-order chi connectivity index (χ1) is 13.2. The lowest BCUT2D eigenvalue weighted by atomic mass is 9.97. The minimum Gasteiger partial charge on any atom is -0.388 e. The largest absolute Gasteiger partial charge is 0.388 e. The SMILES string of the molecule is Cn1c(CO)nnc1[C@@H]1CCCN(C(=O)CCN2Cc3ccccc3C2)C1. The Morgan fingerprint density at radius 1 is 1.22 bits per heavy atom. The molecule has 0 saturated carbocycles. The quantitative estimate of drug-likeness (QED) is 0.863. The molecule has 2 aliphatic rings. The van der Waals surface area contributed by atoms with Gasteiger partial charge in [-0.1, -0.05) is 24.3 Å². The van der Waals surface area contributed by atoms with Crippen LogP contribution in [0.1, 0.15) is 48.0 Å². The fourth-order valence-corrected chi connectivity index (χ4v) is 4.26. The van der Waals surface area contributed by atoms with Crippen LogP contribution in [0.5, 0.6) is 0 Å². The lowest BCUT2D eigenvalue weighted by Crippen LogP contribution is -2.40. The average Bonchev–Trinajstić information content (AvgIpc) is 3.28. The van der Waals surface area contributed by atoms with E-state index < -0.39 is 0 Å². The number of amides is 1. The highest BCUT2D eigenvalue weighted by molar-refractivity contribution is 5.76. The predicted molar refractivity (Wildman–Crippen MR) is 101 cm³/mol. The van der Waals surface area contributed by atoms with E-state index in [2.05, 4.69) is 39.4 Å². The van der Waals surface area contributed by atoms with Gasteiger partial charge in [0.05, 0.1) is 0 Å². The Hall–Kier alpha value is -2.25. The number of rotatable bonds is 5. The predicted octanol–water partition coefficient (Wildman–Crippen LogP) is 1.42. The van der Waals surface area contributed by atoms with Crippen LogP contribution >= 0.6 is 0 Å². The van der Waals surface area contributed by atoms with Crippen molar-refractivity contribution in [1.82, 2.24) is 24.6 Å². The lowest BCUT2D eigenvalue weighted by molar-refractivity contribution is -0.132. The molecule has 144 valence electrons. The van der Waals surface area contributed by atoms with Crippen LogP contribution in [-0.4, -0.2) is 55.2 Å². The molecule has 0 bridgehead atoms. The third kappa shape index (κ3) is 3.75. The number of benzene rings is 1. The molecule has 27 heavy (non-hydrogen) atoms. The first kappa shape index (κ1) is 18.1. The van der Waals surface area contributed by atoms with Crippen molar-refractivity contribution in [3.05, 3.63) is 47.0 Å². The number of aromatic nitrogens is 3. The molecule has 1 amide bonds. The summed E-state index contributed by atoms with van der Waals surface area (Å²) in [7, 11) is 1.88. The van der Waals surface area contributed by atoms with Gasteiger partial charge in [-0.05, 0) is 24.0 Å². The molecule has 3 heterocycles. The zero-order valence-electron chi connectivity index (χ0n) is 15.8. The van der Waals surface area contributed by atoms with Crippen LogP contribution in [0.2, 0.25) is 0 Å². The van der Waals surface area contributed by atoms with Crippen molar-refractivity contribution < 1.29 is 9.90 Å². The minimum absolute atomic E-state index is 0.114. The van der Waals surface area contributed by atoms with Crippen molar-refractivity contribution in [1.29, 1.82) is 0 Å². The lowest BCUT2D eigenvalue weighted by Gasteiger charge is -2.32. The maximum absolute atomic E-state index is 12.8. The Morgan fingerprint density at radius 2 is 1.96 bits per heavy atom. The van der Waals surface area contributed by atoms with Gasteiger partial charge in [-0.25, -0.2) is 0 Å². The standard InChI is InChI=1S/C20H27N5O2/c1-23-18(14-26)21-22-20(23)17-7-4-9-25(13-17)19(27)8-10-24-11-15-5-2-3-6-16(15)12-24/h2-3,5-6,17,26H,4,7-14H2,1H3/t17-/m1/s1. The van der Waals surface area contributed by atoms with Crippen molar-refractivity contribution >= 4 is 5.91 Å². The van der Waals surface area contributed by atoms with Crippen LogP contribution in [0.25, 0.3) is 0 Å². The normalized spacial score (nSPS) is 20.1. The molecule has 1 N–H and O–H groups in total. The van der Waals surface area contributed by atoms with Gasteiger partial charge in [-0.15, -0.1) is 10.2 Å². The molecule has 1 saturated heterocycles. The number of fused-ring (bicyclic) bond motifs is 1. The summed E-state index contributed by atoms with van der Waals surface area (Å²) in [5, 5.41) is 17.6. The second kappa shape index (κ2) is 7.78.